The third kappa shape index (κ3) is 8.31. The van der Waals surface area contributed by atoms with Gasteiger partial charge in [0.1, 0.15) is 24.0 Å². The highest BCUT2D eigenvalue weighted by Gasteiger charge is 2.51. The Balaban J connectivity index is 0.803. The second-order valence-electron chi connectivity index (χ2n) is 25.8. The van der Waals surface area contributed by atoms with Gasteiger partial charge in [-0.15, -0.1) is 0 Å². The van der Waals surface area contributed by atoms with Crippen LogP contribution in [0.4, 0.5) is 22.7 Å². The van der Waals surface area contributed by atoms with Gasteiger partial charge in [-0.05, 0) is 151 Å². The van der Waals surface area contributed by atoms with E-state index in [0.29, 0.717) is 23.7 Å². The van der Waals surface area contributed by atoms with E-state index >= 15 is 0 Å². The number of nitrogens with zero attached hydrogens (tertiary/aromatic N) is 4. The fraction of sp³-hybridized carbons (Fsp3) is 0.134. The lowest BCUT2D eigenvalue weighted by atomic mass is 9.70. The summed E-state index contributed by atoms with van der Waals surface area (Å²) in [5.41, 5.74) is 25.4. The van der Waals surface area contributed by atoms with Crippen molar-refractivity contribution in [3.8, 4) is 73.0 Å². The molecular formula is C82H66N4O. The fourth-order valence-corrected chi connectivity index (χ4v) is 14.3. The molecule has 0 bridgehead atoms. The van der Waals surface area contributed by atoms with Gasteiger partial charge in [-0.25, -0.2) is 4.98 Å². The largest absolute Gasteiger partial charge is 0.457 e. The number of ether oxygens (including phenoxy) is 1. The van der Waals surface area contributed by atoms with Crippen LogP contribution in [0.3, 0.4) is 0 Å². The Morgan fingerprint density at radius 1 is 0.414 bits per heavy atom. The number of pyridine rings is 1. The maximum absolute atomic E-state index is 7.99. The van der Waals surface area contributed by atoms with Crippen LogP contribution < -0.4 is 14.5 Å². The molecule has 0 saturated carbocycles. The smallest absolute Gasteiger partial charge is 0.137 e. The lowest BCUT2D eigenvalue weighted by Gasteiger charge is -2.31. The van der Waals surface area contributed by atoms with E-state index in [1.165, 1.54) is 66.8 Å². The van der Waals surface area contributed by atoms with Crippen molar-refractivity contribution < 1.29 is 8.85 Å². The predicted octanol–water partition coefficient (Wildman–Crippen LogP) is 21.5. The van der Waals surface area contributed by atoms with Crippen molar-refractivity contribution in [1.82, 2.24) is 9.55 Å². The van der Waals surface area contributed by atoms with Gasteiger partial charge in [0.15, 0.2) is 0 Å². The first-order valence-electron chi connectivity index (χ1n) is 31.8. The molecule has 13 aromatic rings. The summed E-state index contributed by atoms with van der Waals surface area (Å²) >= 11 is 0. The maximum atomic E-state index is 7.99. The Bertz CT molecular complexity index is 4980. The summed E-state index contributed by atoms with van der Waals surface area (Å²) in [6.45, 7) is 12.3. The van der Waals surface area contributed by atoms with Gasteiger partial charge >= 0.3 is 0 Å². The number of aromatic nitrogens is 2. The van der Waals surface area contributed by atoms with Gasteiger partial charge in [-0.2, -0.15) is 0 Å². The summed E-state index contributed by atoms with van der Waals surface area (Å²) < 4.78 is 33.1. The number of hydrogen-bond donors (Lipinski definition) is 0. The van der Waals surface area contributed by atoms with Crippen molar-refractivity contribution in [2.24, 2.45) is 0 Å². The molecule has 420 valence electrons. The molecule has 1 spiro atoms. The monoisotopic (exact) mass is 1130 g/mol. The zero-order chi connectivity index (χ0) is 61.4. The van der Waals surface area contributed by atoms with Crippen LogP contribution in [0.2, 0.25) is 0 Å². The summed E-state index contributed by atoms with van der Waals surface area (Å²) in [6.07, 6.45) is 1.82. The number of anilines is 4. The molecule has 5 heteroatoms. The van der Waals surface area contributed by atoms with Crippen LogP contribution in [-0.4, -0.2) is 16.2 Å². The van der Waals surface area contributed by atoms with Gasteiger partial charge in [0.25, 0.3) is 0 Å². The van der Waals surface area contributed by atoms with Gasteiger partial charge in [-0.1, -0.05) is 229 Å². The van der Waals surface area contributed by atoms with Crippen LogP contribution in [0.5, 0.6) is 11.5 Å². The van der Waals surface area contributed by atoms with E-state index in [1.807, 2.05) is 36.5 Å². The van der Waals surface area contributed by atoms with Crippen LogP contribution in [0.1, 0.15) is 84.6 Å². The zero-order valence-electron chi connectivity index (χ0n) is 52.7. The minimum absolute atomic E-state index is 0.0903. The molecule has 2 aliphatic carbocycles. The van der Waals surface area contributed by atoms with Gasteiger partial charge < -0.3 is 14.5 Å². The number of rotatable bonds is 8. The molecule has 0 N–H and O–H groups in total. The molecule has 0 atom stereocenters. The number of fused-ring (bicyclic) bond motifs is 14. The lowest BCUT2D eigenvalue weighted by molar-refractivity contribution is 0.483. The molecule has 0 radical (unpaired) electrons. The third-order valence-corrected chi connectivity index (χ3v) is 18.5. The maximum Gasteiger partial charge on any atom is 0.137 e. The Hall–Kier alpha value is -10.2. The van der Waals surface area contributed by atoms with Crippen molar-refractivity contribution >= 4 is 44.6 Å². The number of benzene rings is 11. The third-order valence-electron chi connectivity index (χ3n) is 18.5. The van der Waals surface area contributed by atoms with Crippen LogP contribution >= 0.6 is 0 Å². The standard InChI is InChI=1S/C82H66N4O/c1-52-21-18-22-53(43-52)55-38-42-78(83-50-55)86-74-34-15-11-28-67(74)68-40-39-61(49-77(68)86)87-60-24-19-23-59(48-60)84-51-85(76-36-17-16-35-75(76)84)79-62(29-20-30-63(79)56-44-57(80(2,3)4)47-58(45-56)81(5,6)7)54-37-41-73-69(46-54)66-27-10-14-33-72(66)82(73)70-31-12-8-25-64(70)65-26-9-13-32-71(65)82/h8-50H,51H2,1-7H3/i1D3. The minimum atomic E-state index is -2.20. The van der Waals surface area contributed by atoms with Crippen molar-refractivity contribution in [2.75, 3.05) is 16.5 Å². The Morgan fingerprint density at radius 3 is 1.68 bits per heavy atom. The predicted molar refractivity (Wildman–Crippen MR) is 362 cm³/mol. The Labute approximate surface area is 514 Å². The normalized spacial score (nSPS) is 14.3. The average Bonchev–Trinajstić information content (AvgIpc) is 1.51. The second kappa shape index (κ2) is 19.7. The van der Waals surface area contributed by atoms with E-state index in [1.54, 1.807) is 18.2 Å². The molecule has 0 unspecified atom stereocenters. The SMILES string of the molecule is [2H]C([2H])([2H])c1cccc(-c2ccc(-n3c4ccccc4c4ccc(Oc5cccc(N6CN(c7c(-c8cc(C(C)(C)C)cc(C(C)(C)C)c8)cccc7-c7ccc8c(c7)-c7ccccc7C87c8ccccc8-c8ccccc87)c7ccccc76)c5)cc43)nc2)c1. The van der Waals surface area contributed by atoms with Crippen LogP contribution in [0, 0.1) is 6.85 Å². The van der Waals surface area contributed by atoms with E-state index in [4.69, 9.17) is 13.8 Å². The summed E-state index contributed by atoms with van der Waals surface area (Å²) in [6, 6.07) is 91.7. The average molecular weight is 1130 g/mol. The zero-order valence-corrected chi connectivity index (χ0v) is 49.7. The van der Waals surface area contributed by atoms with Gasteiger partial charge in [-0.3, -0.25) is 4.57 Å². The van der Waals surface area contributed by atoms with Crippen molar-refractivity contribution in [1.29, 1.82) is 0 Å². The van der Waals surface area contributed by atoms with Gasteiger partial charge in [0.05, 0.1) is 33.5 Å². The molecule has 0 fully saturated rings. The summed E-state index contributed by atoms with van der Waals surface area (Å²) in [5.74, 6) is 2.15. The number of para-hydroxylation sites is 4. The first-order valence-corrected chi connectivity index (χ1v) is 30.3. The second-order valence-corrected chi connectivity index (χ2v) is 25.8. The summed E-state index contributed by atoms with van der Waals surface area (Å²) in [4.78, 5) is 9.96. The van der Waals surface area contributed by atoms with E-state index in [0.717, 1.165) is 72.6 Å². The van der Waals surface area contributed by atoms with Crippen molar-refractivity contribution in [2.45, 2.75) is 64.6 Å². The Kier molecular flexibility index (Phi) is 11.1. The van der Waals surface area contributed by atoms with Crippen LogP contribution in [-0.2, 0) is 16.2 Å². The van der Waals surface area contributed by atoms with E-state index in [2.05, 4.69) is 262 Å². The van der Waals surface area contributed by atoms with Crippen molar-refractivity contribution in [3.63, 3.8) is 0 Å². The highest BCUT2D eigenvalue weighted by molar-refractivity contribution is 6.10. The van der Waals surface area contributed by atoms with Crippen molar-refractivity contribution in [3.05, 3.63) is 300 Å². The Morgan fingerprint density at radius 2 is 0.989 bits per heavy atom. The first-order chi connectivity index (χ1) is 43.5. The van der Waals surface area contributed by atoms with E-state index in [-0.39, 0.29) is 10.8 Å². The lowest BCUT2D eigenvalue weighted by Crippen LogP contribution is -2.25. The first kappa shape index (κ1) is 49.1. The quantitative estimate of drug-likeness (QED) is 0.152. The molecular weight excluding hydrogens is 1060 g/mol. The van der Waals surface area contributed by atoms with Crippen LogP contribution in [0.15, 0.2) is 261 Å². The minimum Gasteiger partial charge on any atom is -0.457 e. The molecule has 0 saturated heterocycles. The summed E-state index contributed by atoms with van der Waals surface area (Å²) in [5, 5.41) is 2.18. The van der Waals surface area contributed by atoms with Gasteiger partial charge in [0.2, 0.25) is 0 Å². The molecule has 16 rings (SSSR count). The summed E-state index contributed by atoms with van der Waals surface area (Å²) in [7, 11) is 0. The molecule has 2 aromatic heterocycles. The van der Waals surface area contributed by atoms with Crippen LogP contribution in [0.25, 0.3) is 83.3 Å². The molecule has 3 heterocycles. The van der Waals surface area contributed by atoms with E-state index < -0.39 is 12.3 Å². The topological polar surface area (TPSA) is 33.5 Å². The molecule has 87 heavy (non-hydrogen) atoms. The highest BCUT2D eigenvalue weighted by Crippen LogP contribution is 2.63. The number of aryl methyl sites for hydroxylation is 1. The van der Waals surface area contributed by atoms with E-state index in [9.17, 15) is 0 Å². The molecule has 0 amide bonds. The molecule has 1 aliphatic heterocycles. The molecule has 3 aliphatic rings. The molecule has 5 nitrogen and oxygen atoms in total. The number of hydrogen-bond acceptors (Lipinski definition) is 4. The van der Waals surface area contributed by atoms with Gasteiger partial charge in [0, 0.05) is 55.6 Å². The highest BCUT2D eigenvalue weighted by atomic mass is 16.5. The molecule has 11 aromatic carbocycles. The fourth-order valence-electron chi connectivity index (χ4n) is 14.3.